The van der Waals surface area contributed by atoms with Crippen molar-refractivity contribution in [2.24, 2.45) is 0 Å². The zero-order valence-corrected chi connectivity index (χ0v) is 18.7. The van der Waals surface area contributed by atoms with Gasteiger partial charge in [-0.05, 0) is 48.5 Å². The van der Waals surface area contributed by atoms with Gasteiger partial charge in [-0.15, -0.1) is 0 Å². The molecule has 2 heterocycles. The van der Waals surface area contributed by atoms with Gasteiger partial charge in [-0.3, -0.25) is 4.79 Å². The van der Waals surface area contributed by atoms with E-state index in [-0.39, 0.29) is 5.91 Å². The molecule has 6 nitrogen and oxygen atoms in total. The Morgan fingerprint density at radius 2 is 1.58 bits per heavy atom. The molecular formula is C26H23ClN4O2. The van der Waals surface area contributed by atoms with Crippen LogP contribution in [0.15, 0.2) is 85.1 Å². The maximum Gasteiger partial charge on any atom is 0.259 e. The lowest BCUT2D eigenvalue weighted by Gasteiger charge is -2.28. The van der Waals surface area contributed by atoms with Crippen LogP contribution in [0.3, 0.4) is 0 Å². The Bertz CT molecular complexity index is 1230. The first kappa shape index (κ1) is 21.2. The highest BCUT2D eigenvalue weighted by Crippen LogP contribution is 2.27. The molecule has 0 atom stereocenters. The molecule has 1 saturated heterocycles. The minimum Gasteiger partial charge on any atom is -0.378 e. The molecular weight excluding hydrogens is 436 g/mol. The molecule has 1 aliphatic heterocycles. The maximum atomic E-state index is 13.3. The van der Waals surface area contributed by atoms with Gasteiger partial charge in [0.1, 0.15) is 5.69 Å². The summed E-state index contributed by atoms with van der Waals surface area (Å²) in [5, 5.41) is 8.36. The molecule has 3 aromatic carbocycles. The lowest BCUT2D eigenvalue weighted by molar-refractivity contribution is 0.102. The van der Waals surface area contributed by atoms with Gasteiger partial charge < -0.3 is 15.0 Å². The van der Waals surface area contributed by atoms with E-state index in [2.05, 4.69) is 10.2 Å². The molecule has 7 heteroatoms. The fourth-order valence-electron chi connectivity index (χ4n) is 3.85. The van der Waals surface area contributed by atoms with Crippen molar-refractivity contribution in [3.05, 3.63) is 95.6 Å². The van der Waals surface area contributed by atoms with Crippen LogP contribution in [0.5, 0.6) is 0 Å². The highest BCUT2D eigenvalue weighted by Gasteiger charge is 2.19. The van der Waals surface area contributed by atoms with Crippen molar-refractivity contribution in [1.29, 1.82) is 0 Å². The minimum atomic E-state index is -0.221. The van der Waals surface area contributed by atoms with Crippen LogP contribution in [0, 0.1) is 0 Å². The highest BCUT2D eigenvalue weighted by molar-refractivity contribution is 6.30. The van der Waals surface area contributed by atoms with E-state index >= 15 is 0 Å². The molecule has 5 rings (SSSR count). The average Bonchev–Trinajstić information content (AvgIpc) is 3.32. The predicted octanol–water partition coefficient (Wildman–Crippen LogP) is 5.28. The normalized spacial score (nSPS) is 13.7. The third kappa shape index (κ3) is 4.77. The number of nitrogens with one attached hydrogen (secondary N) is 1. The molecule has 166 valence electrons. The van der Waals surface area contributed by atoms with Crippen molar-refractivity contribution in [2.75, 3.05) is 36.5 Å². The molecule has 0 saturated carbocycles. The maximum absolute atomic E-state index is 13.3. The third-order valence-electron chi connectivity index (χ3n) is 5.60. The first-order chi connectivity index (χ1) is 16.2. The van der Waals surface area contributed by atoms with Crippen LogP contribution in [0.25, 0.3) is 16.9 Å². The van der Waals surface area contributed by atoms with Gasteiger partial charge in [-0.1, -0.05) is 41.9 Å². The first-order valence-corrected chi connectivity index (χ1v) is 11.2. The van der Waals surface area contributed by atoms with E-state index in [1.54, 1.807) is 23.0 Å². The van der Waals surface area contributed by atoms with Gasteiger partial charge in [0, 0.05) is 41.2 Å². The number of ether oxygens (including phenoxy) is 1. The van der Waals surface area contributed by atoms with E-state index in [1.165, 1.54) is 0 Å². The van der Waals surface area contributed by atoms with Crippen molar-refractivity contribution in [2.45, 2.75) is 0 Å². The number of anilines is 2. The minimum absolute atomic E-state index is 0.221. The van der Waals surface area contributed by atoms with Crippen LogP contribution in [-0.4, -0.2) is 42.0 Å². The number of rotatable bonds is 5. The Morgan fingerprint density at radius 3 is 2.27 bits per heavy atom. The predicted molar refractivity (Wildman–Crippen MR) is 131 cm³/mol. The molecule has 4 aromatic rings. The number of amides is 1. The number of carbonyl (C=O) groups is 1. The lowest BCUT2D eigenvalue weighted by Crippen LogP contribution is -2.36. The van der Waals surface area contributed by atoms with Crippen LogP contribution in [0.2, 0.25) is 5.02 Å². The second-order valence-electron chi connectivity index (χ2n) is 7.78. The topological polar surface area (TPSA) is 59.4 Å². The van der Waals surface area contributed by atoms with E-state index in [4.69, 9.17) is 21.4 Å². The molecule has 33 heavy (non-hydrogen) atoms. The number of carbonyl (C=O) groups excluding carboxylic acids is 1. The molecule has 1 N–H and O–H groups in total. The summed E-state index contributed by atoms with van der Waals surface area (Å²) in [5.41, 5.74) is 4.63. The number of nitrogens with zero attached hydrogens (tertiary/aromatic N) is 3. The molecule has 1 aromatic heterocycles. The summed E-state index contributed by atoms with van der Waals surface area (Å²) >= 11 is 6.06. The molecule has 1 fully saturated rings. The quantitative estimate of drug-likeness (QED) is 0.442. The molecule has 0 bridgehead atoms. The summed E-state index contributed by atoms with van der Waals surface area (Å²) in [6.07, 6.45) is 1.76. The van der Waals surface area contributed by atoms with Gasteiger partial charge in [0.15, 0.2) is 0 Å². The molecule has 0 radical (unpaired) electrons. The third-order valence-corrected chi connectivity index (χ3v) is 5.85. The van der Waals surface area contributed by atoms with Gasteiger partial charge in [-0.25, -0.2) is 4.68 Å². The fraction of sp³-hybridized carbons (Fsp3) is 0.154. The van der Waals surface area contributed by atoms with Crippen molar-refractivity contribution >= 4 is 28.9 Å². The van der Waals surface area contributed by atoms with Gasteiger partial charge in [0.05, 0.1) is 24.5 Å². The number of hydrogen-bond acceptors (Lipinski definition) is 4. The van der Waals surface area contributed by atoms with Crippen LogP contribution in [0.1, 0.15) is 10.4 Å². The monoisotopic (exact) mass is 458 g/mol. The van der Waals surface area contributed by atoms with Crippen molar-refractivity contribution in [3.8, 4) is 16.9 Å². The van der Waals surface area contributed by atoms with Gasteiger partial charge in [0.2, 0.25) is 0 Å². The summed E-state index contributed by atoms with van der Waals surface area (Å²) in [6.45, 7) is 3.21. The van der Waals surface area contributed by atoms with Gasteiger partial charge >= 0.3 is 0 Å². The van der Waals surface area contributed by atoms with Crippen molar-refractivity contribution in [1.82, 2.24) is 9.78 Å². The number of aromatic nitrogens is 2. The first-order valence-electron chi connectivity index (χ1n) is 10.8. The van der Waals surface area contributed by atoms with Crippen LogP contribution >= 0.6 is 11.6 Å². The zero-order chi connectivity index (χ0) is 22.6. The largest absolute Gasteiger partial charge is 0.378 e. The molecule has 0 unspecified atom stereocenters. The van der Waals surface area contributed by atoms with E-state index in [9.17, 15) is 4.79 Å². The number of hydrogen-bond donors (Lipinski definition) is 1. The van der Waals surface area contributed by atoms with E-state index in [1.807, 2.05) is 66.7 Å². The second kappa shape index (κ2) is 9.48. The number of benzene rings is 3. The van der Waals surface area contributed by atoms with E-state index in [0.717, 1.165) is 48.9 Å². The Hall–Kier alpha value is -3.61. The summed E-state index contributed by atoms with van der Waals surface area (Å²) in [7, 11) is 0. The SMILES string of the molecule is O=C(Nc1ccc(N2CCOCC2)cc1)c1cn(-c2ccccc2)nc1-c1ccc(Cl)cc1. The average molecular weight is 459 g/mol. The number of para-hydroxylation sites is 1. The van der Waals surface area contributed by atoms with Gasteiger partial charge in [-0.2, -0.15) is 5.10 Å². The Labute approximate surface area is 197 Å². The number of halogens is 1. The summed E-state index contributed by atoms with van der Waals surface area (Å²) in [4.78, 5) is 15.6. The Kier molecular flexibility index (Phi) is 6.11. The molecule has 0 spiro atoms. The summed E-state index contributed by atoms with van der Waals surface area (Å²) < 4.78 is 7.14. The highest BCUT2D eigenvalue weighted by atomic mass is 35.5. The summed E-state index contributed by atoms with van der Waals surface area (Å²) in [5.74, 6) is -0.221. The van der Waals surface area contributed by atoms with Crippen molar-refractivity contribution in [3.63, 3.8) is 0 Å². The van der Waals surface area contributed by atoms with E-state index in [0.29, 0.717) is 16.3 Å². The standard InChI is InChI=1S/C26H23ClN4O2/c27-20-8-6-19(7-9-20)25-24(18-31(29-25)23-4-2-1-3-5-23)26(32)28-21-10-12-22(13-11-21)30-14-16-33-17-15-30/h1-13,18H,14-17H2,(H,28,32). The summed E-state index contributed by atoms with van der Waals surface area (Å²) in [6, 6.07) is 24.9. The second-order valence-corrected chi connectivity index (χ2v) is 8.22. The van der Waals surface area contributed by atoms with Crippen LogP contribution in [0.4, 0.5) is 11.4 Å². The Balaban J connectivity index is 1.42. The lowest BCUT2D eigenvalue weighted by atomic mass is 10.1. The van der Waals surface area contributed by atoms with Crippen molar-refractivity contribution < 1.29 is 9.53 Å². The fourth-order valence-corrected chi connectivity index (χ4v) is 3.98. The Morgan fingerprint density at radius 1 is 0.879 bits per heavy atom. The molecule has 1 amide bonds. The smallest absolute Gasteiger partial charge is 0.259 e. The molecule has 1 aliphatic rings. The van der Waals surface area contributed by atoms with Crippen LogP contribution in [-0.2, 0) is 4.74 Å². The van der Waals surface area contributed by atoms with Gasteiger partial charge in [0.25, 0.3) is 5.91 Å². The van der Waals surface area contributed by atoms with Crippen LogP contribution < -0.4 is 10.2 Å². The number of morpholine rings is 1. The zero-order valence-electron chi connectivity index (χ0n) is 17.9. The molecule has 0 aliphatic carbocycles. The van der Waals surface area contributed by atoms with E-state index < -0.39 is 0 Å².